The second-order valence-electron chi connectivity index (χ2n) is 3.16. The van der Waals surface area contributed by atoms with E-state index in [2.05, 4.69) is 18.4 Å². The van der Waals surface area contributed by atoms with Gasteiger partial charge in [-0.2, -0.15) is 4.57 Å². The highest BCUT2D eigenvalue weighted by Crippen LogP contribution is 2.16. The zero-order valence-corrected chi connectivity index (χ0v) is 8.57. The van der Waals surface area contributed by atoms with E-state index in [4.69, 9.17) is 9.47 Å². The molecule has 0 saturated heterocycles. The van der Waals surface area contributed by atoms with Gasteiger partial charge >= 0.3 is 0 Å². The van der Waals surface area contributed by atoms with Crippen LogP contribution in [0.4, 0.5) is 0 Å². The van der Waals surface area contributed by atoms with E-state index < -0.39 is 0 Å². The van der Waals surface area contributed by atoms with Crippen molar-refractivity contribution < 1.29 is 14.0 Å². The first kappa shape index (κ1) is 9.84. The molecule has 3 nitrogen and oxygen atoms in total. The lowest BCUT2D eigenvalue weighted by Gasteiger charge is -2.05. The molecule has 1 aromatic rings. The number of pyridine rings is 1. The Bertz CT molecular complexity index is 262. The molecule has 0 saturated carbocycles. The fourth-order valence-corrected chi connectivity index (χ4v) is 1.07. The average molecular weight is 182 g/mol. The summed E-state index contributed by atoms with van der Waals surface area (Å²) in [5, 5.41) is 0. The van der Waals surface area contributed by atoms with Gasteiger partial charge in [0.1, 0.15) is 0 Å². The summed E-state index contributed by atoms with van der Waals surface area (Å²) in [5.41, 5.74) is 0. The first-order valence-electron chi connectivity index (χ1n) is 4.31. The lowest BCUT2D eigenvalue weighted by molar-refractivity contribution is -0.716. The SMILES string of the molecule is COc1cc(OC)c[n+](C(C)C)c1. The molecular formula is C10H16NO2+. The second-order valence-corrected chi connectivity index (χ2v) is 3.16. The number of aromatic nitrogens is 1. The maximum Gasteiger partial charge on any atom is 0.211 e. The average Bonchev–Trinajstić information content (AvgIpc) is 2.16. The smallest absolute Gasteiger partial charge is 0.211 e. The molecule has 0 aromatic carbocycles. The Balaban J connectivity index is 3.07. The van der Waals surface area contributed by atoms with Crippen LogP contribution in [0, 0.1) is 0 Å². The minimum Gasteiger partial charge on any atom is -0.491 e. The zero-order valence-electron chi connectivity index (χ0n) is 8.57. The van der Waals surface area contributed by atoms with Gasteiger partial charge in [-0.15, -0.1) is 0 Å². The molecule has 0 bridgehead atoms. The Kier molecular flexibility index (Phi) is 3.12. The monoisotopic (exact) mass is 182 g/mol. The molecule has 0 fully saturated rings. The molecule has 0 radical (unpaired) electrons. The zero-order chi connectivity index (χ0) is 9.84. The van der Waals surface area contributed by atoms with Crippen LogP contribution in [-0.2, 0) is 0 Å². The van der Waals surface area contributed by atoms with E-state index in [0.717, 1.165) is 11.5 Å². The van der Waals surface area contributed by atoms with Crippen molar-refractivity contribution in [2.45, 2.75) is 19.9 Å². The fraction of sp³-hybridized carbons (Fsp3) is 0.500. The van der Waals surface area contributed by atoms with Gasteiger partial charge in [-0.05, 0) is 13.8 Å². The van der Waals surface area contributed by atoms with Gasteiger partial charge in [-0.25, -0.2) is 0 Å². The Labute approximate surface area is 78.9 Å². The molecule has 13 heavy (non-hydrogen) atoms. The normalized spacial score (nSPS) is 10.2. The summed E-state index contributed by atoms with van der Waals surface area (Å²) >= 11 is 0. The van der Waals surface area contributed by atoms with Crippen molar-refractivity contribution in [2.24, 2.45) is 0 Å². The van der Waals surface area contributed by atoms with Crippen LogP contribution in [0.25, 0.3) is 0 Å². The molecule has 0 amide bonds. The van der Waals surface area contributed by atoms with Crippen molar-refractivity contribution in [1.29, 1.82) is 0 Å². The highest BCUT2D eigenvalue weighted by Gasteiger charge is 2.10. The van der Waals surface area contributed by atoms with Crippen molar-refractivity contribution in [3.05, 3.63) is 18.5 Å². The van der Waals surface area contributed by atoms with E-state index in [-0.39, 0.29) is 0 Å². The minimum absolute atomic E-state index is 0.406. The van der Waals surface area contributed by atoms with Gasteiger partial charge in [0.2, 0.25) is 12.4 Å². The van der Waals surface area contributed by atoms with E-state index in [0.29, 0.717) is 6.04 Å². The van der Waals surface area contributed by atoms with Gasteiger partial charge in [0, 0.05) is 6.07 Å². The third-order valence-electron chi connectivity index (χ3n) is 1.90. The van der Waals surface area contributed by atoms with Gasteiger partial charge in [-0.1, -0.05) is 0 Å². The fourth-order valence-electron chi connectivity index (χ4n) is 1.07. The first-order valence-corrected chi connectivity index (χ1v) is 4.31. The predicted molar refractivity (Wildman–Crippen MR) is 50.1 cm³/mol. The van der Waals surface area contributed by atoms with Crippen LogP contribution in [0.5, 0.6) is 11.5 Å². The summed E-state index contributed by atoms with van der Waals surface area (Å²) in [7, 11) is 3.30. The van der Waals surface area contributed by atoms with Crippen molar-refractivity contribution in [3.8, 4) is 11.5 Å². The highest BCUT2D eigenvalue weighted by molar-refractivity contribution is 5.25. The van der Waals surface area contributed by atoms with Gasteiger partial charge < -0.3 is 9.47 Å². The minimum atomic E-state index is 0.406. The summed E-state index contributed by atoms with van der Waals surface area (Å²) in [6.45, 7) is 4.22. The van der Waals surface area contributed by atoms with Crippen LogP contribution in [-0.4, -0.2) is 14.2 Å². The van der Waals surface area contributed by atoms with Gasteiger partial charge in [-0.3, -0.25) is 0 Å². The molecule has 3 heteroatoms. The Morgan fingerprint density at radius 2 is 1.54 bits per heavy atom. The summed E-state index contributed by atoms with van der Waals surface area (Å²) in [6.07, 6.45) is 3.90. The van der Waals surface area contributed by atoms with Crippen LogP contribution in [0.15, 0.2) is 18.5 Å². The molecule has 0 aliphatic rings. The van der Waals surface area contributed by atoms with Gasteiger partial charge in [0.25, 0.3) is 0 Å². The lowest BCUT2D eigenvalue weighted by atomic mass is 10.3. The molecule has 0 N–H and O–H groups in total. The van der Waals surface area contributed by atoms with Crippen LogP contribution >= 0.6 is 0 Å². The number of rotatable bonds is 3. The molecule has 1 heterocycles. The number of hydrogen-bond acceptors (Lipinski definition) is 2. The molecule has 0 atom stereocenters. The number of ether oxygens (including phenoxy) is 2. The highest BCUT2D eigenvalue weighted by atomic mass is 16.5. The first-order chi connectivity index (χ1) is 6.17. The molecule has 0 unspecified atom stereocenters. The lowest BCUT2D eigenvalue weighted by Crippen LogP contribution is -2.35. The van der Waals surface area contributed by atoms with Crippen LogP contribution < -0.4 is 14.0 Å². The van der Waals surface area contributed by atoms with Crippen molar-refractivity contribution in [2.75, 3.05) is 14.2 Å². The molecule has 72 valence electrons. The van der Waals surface area contributed by atoms with Crippen molar-refractivity contribution in [1.82, 2.24) is 0 Å². The molecule has 0 aliphatic carbocycles. The molecule has 0 aliphatic heterocycles. The standard InChI is InChI=1S/C10H16NO2/c1-8(2)11-6-9(12-3)5-10(7-11)13-4/h5-8H,1-4H3/q+1. The summed E-state index contributed by atoms with van der Waals surface area (Å²) in [5.74, 6) is 1.63. The van der Waals surface area contributed by atoms with Gasteiger partial charge in [0.15, 0.2) is 17.5 Å². The molecule has 1 rings (SSSR count). The number of hydrogen-bond donors (Lipinski definition) is 0. The van der Waals surface area contributed by atoms with E-state index >= 15 is 0 Å². The van der Waals surface area contributed by atoms with Crippen molar-refractivity contribution >= 4 is 0 Å². The van der Waals surface area contributed by atoms with Crippen molar-refractivity contribution in [3.63, 3.8) is 0 Å². The topological polar surface area (TPSA) is 22.3 Å². The van der Waals surface area contributed by atoms with Gasteiger partial charge in [0.05, 0.1) is 14.2 Å². The largest absolute Gasteiger partial charge is 0.491 e. The number of methoxy groups -OCH3 is 2. The third kappa shape index (κ3) is 2.34. The Morgan fingerprint density at radius 1 is 1.08 bits per heavy atom. The Morgan fingerprint density at radius 3 is 1.85 bits per heavy atom. The van der Waals surface area contributed by atoms with Crippen LogP contribution in [0.2, 0.25) is 0 Å². The molecule has 1 aromatic heterocycles. The third-order valence-corrected chi connectivity index (χ3v) is 1.90. The summed E-state index contributed by atoms with van der Waals surface area (Å²) in [6, 6.07) is 2.27. The van der Waals surface area contributed by atoms with E-state index in [1.165, 1.54) is 0 Å². The quantitative estimate of drug-likeness (QED) is 0.662. The Hall–Kier alpha value is -1.25. The molecule has 0 spiro atoms. The maximum absolute atomic E-state index is 5.15. The predicted octanol–water partition coefficient (Wildman–Crippen LogP) is 1.57. The second kappa shape index (κ2) is 4.12. The van der Waals surface area contributed by atoms with E-state index in [1.54, 1.807) is 14.2 Å². The van der Waals surface area contributed by atoms with E-state index in [1.807, 2.05) is 18.5 Å². The summed E-state index contributed by atoms with van der Waals surface area (Å²) < 4.78 is 12.3. The summed E-state index contributed by atoms with van der Waals surface area (Å²) in [4.78, 5) is 0. The van der Waals surface area contributed by atoms with Crippen LogP contribution in [0.3, 0.4) is 0 Å². The maximum atomic E-state index is 5.15. The molecular weight excluding hydrogens is 166 g/mol. The number of nitrogens with zero attached hydrogens (tertiary/aromatic N) is 1. The van der Waals surface area contributed by atoms with E-state index in [9.17, 15) is 0 Å². The van der Waals surface area contributed by atoms with Crippen LogP contribution in [0.1, 0.15) is 19.9 Å².